The molecule has 1 saturated heterocycles. The van der Waals surface area contributed by atoms with Gasteiger partial charge < -0.3 is 4.90 Å². The van der Waals surface area contributed by atoms with Gasteiger partial charge in [0.25, 0.3) is 0 Å². The summed E-state index contributed by atoms with van der Waals surface area (Å²) >= 11 is 5.38. The molecular formula is C11H17N3S. The maximum atomic E-state index is 5.38. The van der Waals surface area contributed by atoms with E-state index in [1.54, 1.807) is 0 Å². The van der Waals surface area contributed by atoms with Crippen LogP contribution in [0.15, 0.2) is 12.1 Å². The van der Waals surface area contributed by atoms with Crippen LogP contribution in [0.3, 0.4) is 0 Å². The lowest BCUT2D eigenvalue weighted by atomic mass is 10.4. The molecule has 1 N–H and O–H groups in total. The number of hydrogen-bond acceptors (Lipinski definition) is 1. The molecule has 0 saturated carbocycles. The number of thiocarbonyl (C=S) groups is 1. The Bertz CT molecular complexity index is 344. The molecule has 0 radical (unpaired) electrons. The zero-order valence-electron chi connectivity index (χ0n) is 9.29. The summed E-state index contributed by atoms with van der Waals surface area (Å²) < 4.78 is 2.04. The zero-order valence-corrected chi connectivity index (χ0v) is 10.1. The molecule has 1 aliphatic rings. The van der Waals surface area contributed by atoms with Crippen molar-refractivity contribution in [1.82, 2.24) is 9.58 Å². The fraction of sp³-hybridized carbons (Fsp3) is 0.545. The maximum absolute atomic E-state index is 5.38. The normalized spacial score (nSPS) is 15.7. The van der Waals surface area contributed by atoms with Gasteiger partial charge in [0.1, 0.15) is 0 Å². The second kappa shape index (κ2) is 4.23. The van der Waals surface area contributed by atoms with E-state index in [9.17, 15) is 0 Å². The largest absolute Gasteiger partial charge is 0.348 e. The summed E-state index contributed by atoms with van der Waals surface area (Å²) in [6.07, 6.45) is 2.51. The predicted molar refractivity (Wildman–Crippen MR) is 66.7 cm³/mol. The highest BCUT2D eigenvalue weighted by molar-refractivity contribution is 7.80. The van der Waals surface area contributed by atoms with Gasteiger partial charge in [-0.15, -0.1) is 0 Å². The van der Waals surface area contributed by atoms with Gasteiger partial charge in [-0.3, -0.25) is 10.1 Å². The Balaban J connectivity index is 2.05. The number of hydrogen-bond donors (Lipinski definition) is 1. The molecule has 1 aromatic heterocycles. The predicted octanol–water partition coefficient (Wildman–Crippen LogP) is 2.03. The SMILES string of the molecule is Cc1ccc(C)n1NC(=S)N1CCCC1. The van der Waals surface area contributed by atoms with Gasteiger partial charge in [0.15, 0.2) is 5.11 Å². The van der Waals surface area contributed by atoms with Crippen molar-refractivity contribution in [3.05, 3.63) is 23.5 Å². The van der Waals surface area contributed by atoms with Crippen molar-refractivity contribution >= 4 is 17.3 Å². The Morgan fingerprint density at radius 1 is 1.20 bits per heavy atom. The molecule has 0 aliphatic carbocycles. The second-order valence-corrected chi connectivity index (χ2v) is 4.45. The molecule has 82 valence electrons. The van der Waals surface area contributed by atoms with E-state index in [1.165, 1.54) is 24.2 Å². The number of nitrogens with one attached hydrogen (secondary N) is 1. The third-order valence-corrected chi connectivity index (χ3v) is 3.22. The molecule has 1 fully saturated rings. The van der Waals surface area contributed by atoms with Crippen molar-refractivity contribution in [1.29, 1.82) is 0 Å². The van der Waals surface area contributed by atoms with Crippen molar-refractivity contribution in [2.24, 2.45) is 0 Å². The van der Waals surface area contributed by atoms with Crippen LogP contribution in [0.1, 0.15) is 24.2 Å². The van der Waals surface area contributed by atoms with Crippen LogP contribution in [-0.2, 0) is 0 Å². The van der Waals surface area contributed by atoms with E-state index in [0.717, 1.165) is 18.2 Å². The van der Waals surface area contributed by atoms with Gasteiger partial charge in [-0.25, -0.2) is 0 Å². The highest BCUT2D eigenvalue weighted by Crippen LogP contribution is 2.09. The van der Waals surface area contributed by atoms with Crippen LogP contribution in [0.2, 0.25) is 0 Å². The first kappa shape index (κ1) is 10.5. The van der Waals surface area contributed by atoms with Crippen LogP contribution in [0.5, 0.6) is 0 Å². The molecule has 0 aromatic carbocycles. The number of rotatable bonds is 1. The van der Waals surface area contributed by atoms with E-state index >= 15 is 0 Å². The Morgan fingerprint density at radius 2 is 1.73 bits per heavy atom. The minimum Gasteiger partial charge on any atom is -0.348 e. The molecule has 2 rings (SSSR count). The average molecular weight is 223 g/mol. The summed E-state index contributed by atoms with van der Waals surface area (Å²) in [5.74, 6) is 0. The van der Waals surface area contributed by atoms with Gasteiger partial charge in [-0.1, -0.05) is 0 Å². The number of aryl methyl sites for hydroxylation is 2. The maximum Gasteiger partial charge on any atom is 0.188 e. The van der Waals surface area contributed by atoms with Crippen LogP contribution in [-0.4, -0.2) is 27.8 Å². The van der Waals surface area contributed by atoms with Crippen molar-refractivity contribution in [2.75, 3.05) is 18.5 Å². The summed E-state index contributed by atoms with van der Waals surface area (Å²) in [6.45, 7) is 6.33. The van der Waals surface area contributed by atoms with Crippen molar-refractivity contribution < 1.29 is 0 Å². The van der Waals surface area contributed by atoms with Gasteiger partial charge in [0, 0.05) is 24.5 Å². The highest BCUT2D eigenvalue weighted by atomic mass is 32.1. The molecule has 0 unspecified atom stereocenters. The lowest BCUT2D eigenvalue weighted by Crippen LogP contribution is -2.37. The van der Waals surface area contributed by atoms with Crippen molar-refractivity contribution in [3.63, 3.8) is 0 Å². The molecule has 0 atom stereocenters. The van der Waals surface area contributed by atoms with Crippen LogP contribution in [0.25, 0.3) is 0 Å². The molecule has 1 aliphatic heterocycles. The summed E-state index contributed by atoms with van der Waals surface area (Å²) in [5, 5.41) is 0.842. The van der Waals surface area contributed by atoms with E-state index in [0.29, 0.717) is 0 Å². The smallest absolute Gasteiger partial charge is 0.188 e. The fourth-order valence-electron chi connectivity index (χ4n) is 1.93. The molecule has 0 amide bonds. The summed E-state index contributed by atoms with van der Waals surface area (Å²) in [4.78, 5) is 2.23. The first-order valence-electron chi connectivity index (χ1n) is 5.39. The first-order chi connectivity index (χ1) is 7.18. The first-order valence-corrected chi connectivity index (χ1v) is 5.80. The second-order valence-electron chi connectivity index (χ2n) is 4.06. The molecule has 2 heterocycles. The zero-order chi connectivity index (χ0) is 10.8. The minimum atomic E-state index is 0.842. The fourth-order valence-corrected chi connectivity index (χ4v) is 2.21. The van der Waals surface area contributed by atoms with Gasteiger partial charge >= 0.3 is 0 Å². The van der Waals surface area contributed by atoms with Crippen LogP contribution in [0, 0.1) is 13.8 Å². The van der Waals surface area contributed by atoms with E-state index in [4.69, 9.17) is 12.2 Å². The summed E-state index contributed by atoms with van der Waals surface area (Å²) in [6, 6.07) is 4.18. The topological polar surface area (TPSA) is 20.2 Å². The molecular weight excluding hydrogens is 206 g/mol. The quantitative estimate of drug-likeness (QED) is 0.736. The van der Waals surface area contributed by atoms with Gasteiger partial charge in [-0.2, -0.15) is 0 Å². The number of aromatic nitrogens is 1. The summed E-state index contributed by atoms with van der Waals surface area (Å²) in [5.41, 5.74) is 5.65. The van der Waals surface area contributed by atoms with Gasteiger partial charge in [-0.05, 0) is 51.0 Å². The monoisotopic (exact) mass is 223 g/mol. The Labute approximate surface area is 96.0 Å². The third kappa shape index (κ3) is 2.15. The summed E-state index contributed by atoms with van der Waals surface area (Å²) in [7, 11) is 0. The third-order valence-electron chi connectivity index (χ3n) is 2.87. The van der Waals surface area contributed by atoms with Crippen molar-refractivity contribution in [2.45, 2.75) is 26.7 Å². The van der Waals surface area contributed by atoms with E-state index in [1.807, 2.05) is 4.68 Å². The van der Waals surface area contributed by atoms with E-state index in [-0.39, 0.29) is 0 Å². The molecule has 1 aromatic rings. The molecule has 0 bridgehead atoms. The molecule has 0 spiro atoms. The van der Waals surface area contributed by atoms with Crippen LogP contribution in [0.4, 0.5) is 0 Å². The van der Waals surface area contributed by atoms with Gasteiger partial charge in [0.2, 0.25) is 0 Å². The lowest BCUT2D eigenvalue weighted by Gasteiger charge is -2.21. The highest BCUT2D eigenvalue weighted by Gasteiger charge is 2.15. The van der Waals surface area contributed by atoms with E-state index < -0.39 is 0 Å². The number of nitrogens with zero attached hydrogens (tertiary/aromatic N) is 2. The van der Waals surface area contributed by atoms with E-state index in [2.05, 4.69) is 36.3 Å². The van der Waals surface area contributed by atoms with Crippen LogP contribution >= 0.6 is 12.2 Å². The molecule has 4 heteroatoms. The Kier molecular flexibility index (Phi) is 2.95. The standard InChI is InChI=1S/C11H17N3S/c1-9-5-6-10(2)14(9)12-11(15)13-7-3-4-8-13/h5-6H,3-4,7-8H2,1-2H3,(H,12,15). The average Bonchev–Trinajstić information content (AvgIpc) is 2.82. The van der Waals surface area contributed by atoms with Crippen LogP contribution < -0.4 is 5.43 Å². The van der Waals surface area contributed by atoms with Crippen molar-refractivity contribution in [3.8, 4) is 0 Å². The lowest BCUT2D eigenvalue weighted by molar-refractivity contribution is 0.521. The molecule has 15 heavy (non-hydrogen) atoms. The minimum absolute atomic E-state index is 0.842. The Morgan fingerprint density at radius 3 is 2.27 bits per heavy atom. The Hall–Kier alpha value is -1.03. The van der Waals surface area contributed by atoms with Gasteiger partial charge in [0.05, 0.1) is 0 Å². The number of likely N-dealkylation sites (tertiary alicyclic amines) is 1. The molecule has 3 nitrogen and oxygen atoms in total.